The Morgan fingerprint density at radius 3 is 2.50 bits per heavy atom. The van der Waals surface area contributed by atoms with Crippen molar-refractivity contribution in [1.29, 1.82) is 0 Å². The van der Waals surface area contributed by atoms with E-state index in [2.05, 4.69) is 10.4 Å². The molecule has 1 aromatic rings. The number of alkyl halides is 3. The molecular formula is C8H12F3N3. The van der Waals surface area contributed by atoms with E-state index in [1.54, 1.807) is 14.0 Å². The fraction of sp³-hybridized carbons (Fsp3) is 0.625. The maximum atomic E-state index is 12.4. The zero-order chi connectivity index (χ0) is 10.8. The van der Waals surface area contributed by atoms with Crippen molar-refractivity contribution in [2.75, 3.05) is 7.05 Å². The third-order valence-electron chi connectivity index (χ3n) is 1.78. The van der Waals surface area contributed by atoms with Crippen molar-refractivity contribution in [2.45, 2.75) is 26.2 Å². The molecule has 0 bridgehead atoms. The minimum atomic E-state index is -4.32. The minimum absolute atomic E-state index is 0.221. The first kappa shape index (κ1) is 11.0. The highest BCUT2D eigenvalue weighted by molar-refractivity contribution is 5.13. The third-order valence-corrected chi connectivity index (χ3v) is 1.78. The van der Waals surface area contributed by atoms with Crippen LogP contribution in [0.15, 0.2) is 6.07 Å². The van der Waals surface area contributed by atoms with Gasteiger partial charge in [-0.15, -0.1) is 0 Å². The van der Waals surface area contributed by atoms with Crippen LogP contribution in [0.25, 0.3) is 0 Å². The van der Waals surface area contributed by atoms with E-state index in [-0.39, 0.29) is 6.54 Å². The third kappa shape index (κ3) is 2.25. The molecule has 6 heteroatoms. The van der Waals surface area contributed by atoms with E-state index in [1.165, 1.54) is 0 Å². The van der Waals surface area contributed by atoms with Gasteiger partial charge < -0.3 is 5.32 Å². The summed E-state index contributed by atoms with van der Waals surface area (Å²) >= 11 is 0. The summed E-state index contributed by atoms with van der Waals surface area (Å²) in [7, 11) is 1.66. The summed E-state index contributed by atoms with van der Waals surface area (Å²) in [5.41, 5.74) is -0.285. The molecule has 1 rings (SSSR count). The predicted octanol–water partition coefficient (Wildman–Crippen LogP) is 1.64. The molecule has 0 radical (unpaired) electrons. The largest absolute Gasteiger partial charge is 0.433 e. The van der Waals surface area contributed by atoms with Gasteiger partial charge in [0, 0.05) is 13.1 Å². The van der Waals surface area contributed by atoms with Crippen LogP contribution in [0.4, 0.5) is 13.2 Å². The summed E-state index contributed by atoms with van der Waals surface area (Å²) in [6.45, 7) is 2.19. The number of nitrogens with zero attached hydrogens (tertiary/aromatic N) is 2. The van der Waals surface area contributed by atoms with Gasteiger partial charge in [-0.2, -0.15) is 18.3 Å². The van der Waals surface area contributed by atoms with Crippen LogP contribution in [-0.2, 0) is 19.3 Å². The summed E-state index contributed by atoms with van der Waals surface area (Å²) in [5.74, 6) is 0. The van der Waals surface area contributed by atoms with Crippen molar-refractivity contribution in [3.63, 3.8) is 0 Å². The number of rotatable bonds is 3. The number of hydrogen-bond acceptors (Lipinski definition) is 2. The molecule has 1 N–H and O–H groups in total. The van der Waals surface area contributed by atoms with Crippen molar-refractivity contribution in [1.82, 2.24) is 15.1 Å². The Kier molecular flexibility index (Phi) is 3.15. The molecule has 0 unspecified atom stereocenters. The van der Waals surface area contributed by atoms with Crippen LogP contribution in [0, 0.1) is 0 Å². The summed E-state index contributed by atoms with van der Waals surface area (Å²) in [4.78, 5) is 0. The number of aryl methyl sites for hydroxylation is 1. The molecule has 0 atom stereocenters. The summed E-state index contributed by atoms with van der Waals surface area (Å²) in [5, 5.41) is 6.58. The normalized spacial score (nSPS) is 12.1. The Morgan fingerprint density at radius 2 is 2.14 bits per heavy atom. The Labute approximate surface area is 79.9 Å². The van der Waals surface area contributed by atoms with E-state index >= 15 is 0 Å². The Balaban J connectivity index is 3.02. The molecule has 0 aliphatic heterocycles. The number of aromatic nitrogens is 2. The lowest BCUT2D eigenvalue weighted by atomic mass is 10.3. The molecule has 1 heterocycles. The molecule has 14 heavy (non-hydrogen) atoms. The van der Waals surface area contributed by atoms with Gasteiger partial charge in [-0.3, -0.25) is 4.68 Å². The second-order valence-electron chi connectivity index (χ2n) is 2.86. The number of nitrogens with one attached hydrogen (secondary N) is 1. The highest BCUT2D eigenvalue weighted by Crippen LogP contribution is 2.29. The van der Waals surface area contributed by atoms with Gasteiger partial charge in [0.1, 0.15) is 5.69 Å². The average molecular weight is 207 g/mol. The van der Waals surface area contributed by atoms with Gasteiger partial charge in [0.25, 0.3) is 0 Å². The van der Waals surface area contributed by atoms with Crippen molar-refractivity contribution < 1.29 is 13.2 Å². The highest BCUT2D eigenvalue weighted by Gasteiger charge is 2.35. The molecule has 1 aromatic heterocycles. The van der Waals surface area contributed by atoms with Crippen molar-refractivity contribution in [3.8, 4) is 0 Å². The zero-order valence-electron chi connectivity index (χ0n) is 8.02. The van der Waals surface area contributed by atoms with E-state index in [0.717, 1.165) is 10.7 Å². The first-order valence-electron chi connectivity index (χ1n) is 4.27. The van der Waals surface area contributed by atoms with Crippen LogP contribution in [0.1, 0.15) is 18.3 Å². The Hall–Kier alpha value is -1.04. The summed E-state index contributed by atoms with van der Waals surface area (Å²) in [6, 6.07) is 1.07. The highest BCUT2D eigenvalue weighted by atomic mass is 19.4. The molecule has 0 spiro atoms. The Morgan fingerprint density at radius 1 is 1.50 bits per heavy atom. The zero-order valence-corrected chi connectivity index (χ0v) is 8.02. The number of hydrogen-bond donors (Lipinski definition) is 1. The van der Waals surface area contributed by atoms with Gasteiger partial charge in [-0.05, 0) is 20.0 Å². The van der Waals surface area contributed by atoms with Crippen molar-refractivity contribution in [3.05, 3.63) is 17.5 Å². The molecule has 80 valence electrons. The topological polar surface area (TPSA) is 29.9 Å². The monoisotopic (exact) mass is 207 g/mol. The summed E-state index contributed by atoms with van der Waals surface area (Å²) in [6.07, 6.45) is -4.32. The lowest BCUT2D eigenvalue weighted by Crippen LogP contribution is -2.13. The fourth-order valence-corrected chi connectivity index (χ4v) is 1.21. The van der Waals surface area contributed by atoms with E-state index in [4.69, 9.17) is 0 Å². The molecule has 0 amide bonds. The first-order valence-corrected chi connectivity index (χ1v) is 4.27. The SMILES string of the molecule is CCn1nc(CNC)cc1C(F)(F)F. The molecule has 0 saturated heterocycles. The van der Waals surface area contributed by atoms with Crippen LogP contribution in [0.2, 0.25) is 0 Å². The van der Waals surface area contributed by atoms with E-state index < -0.39 is 11.9 Å². The van der Waals surface area contributed by atoms with Gasteiger partial charge in [-0.1, -0.05) is 0 Å². The smallest absolute Gasteiger partial charge is 0.314 e. The van der Waals surface area contributed by atoms with Gasteiger partial charge in [0.15, 0.2) is 0 Å². The van der Waals surface area contributed by atoms with Crippen molar-refractivity contribution in [2.24, 2.45) is 0 Å². The standard InChI is InChI=1S/C8H12F3N3/c1-3-14-7(8(9,10)11)4-6(13-14)5-12-2/h4,12H,3,5H2,1-2H3. The second kappa shape index (κ2) is 4.00. The summed E-state index contributed by atoms with van der Waals surface area (Å²) < 4.78 is 38.2. The lowest BCUT2D eigenvalue weighted by molar-refractivity contribution is -0.144. The van der Waals surface area contributed by atoms with Gasteiger partial charge >= 0.3 is 6.18 Å². The van der Waals surface area contributed by atoms with Crippen LogP contribution >= 0.6 is 0 Å². The van der Waals surface area contributed by atoms with Crippen LogP contribution in [0.3, 0.4) is 0 Å². The van der Waals surface area contributed by atoms with Gasteiger partial charge in [0.2, 0.25) is 0 Å². The van der Waals surface area contributed by atoms with E-state index in [1.807, 2.05) is 0 Å². The molecule has 0 aliphatic carbocycles. The first-order chi connectivity index (χ1) is 6.49. The molecule has 0 aliphatic rings. The van der Waals surface area contributed by atoms with E-state index in [0.29, 0.717) is 12.2 Å². The average Bonchev–Trinajstić information content (AvgIpc) is 2.47. The van der Waals surface area contributed by atoms with Gasteiger partial charge in [-0.25, -0.2) is 0 Å². The maximum Gasteiger partial charge on any atom is 0.433 e. The maximum absolute atomic E-state index is 12.4. The quantitative estimate of drug-likeness (QED) is 0.816. The van der Waals surface area contributed by atoms with Crippen LogP contribution < -0.4 is 5.32 Å². The molecular weight excluding hydrogens is 195 g/mol. The van der Waals surface area contributed by atoms with Gasteiger partial charge in [0.05, 0.1) is 5.69 Å². The molecule has 3 nitrogen and oxygen atoms in total. The molecule has 0 aromatic carbocycles. The van der Waals surface area contributed by atoms with Crippen LogP contribution in [0.5, 0.6) is 0 Å². The van der Waals surface area contributed by atoms with E-state index in [9.17, 15) is 13.2 Å². The van der Waals surface area contributed by atoms with Crippen LogP contribution in [-0.4, -0.2) is 16.8 Å². The lowest BCUT2D eigenvalue weighted by Gasteiger charge is -2.07. The predicted molar refractivity (Wildman–Crippen MR) is 45.7 cm³/mol. The fourth-order valence-electron chi connectivity index (χ4n) is 1.21. The Bertz CT molecular complexity index is 303. The van der Waals surface area contributed by atoms with Crippen molar-refractivity contribution >= 4 is 0 Å². The number of halogens is 3. The second-order valence-corrected chi connectivity index (χ2v) is 2.86. The molecule has 0 saturated carbocycles. The molecule has 0 fully saturated rings. The minimum Gasteiger partial charge on any atom is -0.314 e.